The summed E-state index contributed by atoms with van der Waals surface area (Å²) in [7, 11) is 0. The van der Waals surface area contributed by atoms with Crippen molar-refractivity contribution in [2.24, 2.45) is 0 Å². The Labute approximate surface area is 244 Å². The van der Waals surface area contributed by atoms with Crippen LogP contribution in [0.5, 0.6) is 0 Å². The number of hydrogen-bond acceptors (Lipinski definition) is 6. The number of benzene rings is 3. The number of rotatable bonds is 12. The maximum Gasteiger partial charge on any atom is 0.251 e. The van der Waals surface area contributed by atoms with Crippen LogP contribution in [-0.4, -0.2) is 46.1 Å². The standard InChI is InChI=1S/C33H34FN5O3/c1-4-29(40)31-27-18-26(23-9-7-10-24(17-23)33(41)36-15-8-16-39-21-35-20-37-39)28(38(5-2)6-3)19-30(27)42-32(31)22-11-13-25(34)14-12-22/h7,9-14,17-21H,4-6,8,15-16H2,1-3H3,(H,36,41). The molecule has 0 saturated carbocycles. The highest BCUT2D eigenvalue weighted by atomic mass is 19.1. The Kier molecular flexibility index (Phi) is 8.76. The second kappa shape index (κ2) is 12.8. The first kappa shape index (κ1) is 28.7. The zero-order valence-electron chi connectivity index (χ0n) is 24.1. The topological polar surface area (TPSA) is 93.3 Å². The average Bonchev–Trinajstić information content (AvgIpc) is 3.67. The molecule has 3 aromatic carbocycles. The van der Waals surface area contributed by atoms with Crippen LogP contribution in [0.3, 0.4) is 0 Å². The third-order valence-electron chi connectivity index (χ3n) is 7.37. The molecule has 1 N–H and O–H groups in total. The predicted octanol–water partition coefficient (Wildman–Crippen LogP) is 6.76. The smallest absolute Gasteiger partial charge is 0.251 e. The van der Waals surface area contributed by atoms with Gasteiger partial charge in [0.15, 0.2) is 5.78 Å². The minimum Gasteiger partial charge on any atom is -0.455 e. The summed E-state index contributed by atoms with van der Waals surface area (Å²) >= 11 is 0. The van der Waals surface area contributed by atoms with Crippen LogP contribution >= 0.6 is 0 Å². The van der Waals surface area contributed by atoms with Gasteiger partial charge in [-0.3, -0.25) is 14.3 Å². The Balaban J connectivity index is 1.55. The molecule has 216 valence electrons. The van der Waals surface area contributed by atoms with Crippen molar-refractivity contribution in [2.45, 2.75) is 40.2 Å². The highest BCUT2D eigenvalue weighted by Crippen LogP contribution is 2.41. The fraction of sp³-hybridized carbons (Fsp3) is 0.273. The number of amides is 1. The van der Waals surface area contributed by atoms with Crippen molar-refractivity contribution < 1.29 is 18.4 Å². The fourth-order valence-corrected chi connectivity index (χ4v) is 5.17. The number of aromatic nitrogens is 3. The fourth-order valence-electron chi connectivity index (χ4n) is 5.17. The molecule has 0 aliphatic heterocycles. The van der Waals surface area contributed by atoms with Crippen molar-refractivity contribution in [3.8, 4) is 22.5 Å². The predicted molar refractivity (Wildman–Crippen MR) is 162 cm³/mol. The minimum atomic E-state index is -0.358. The van der Waals surface area contributed by atoms with E-state index in [1.165, 1.54) is 18.5 Å². The molecular formula is C33H34FN5O3. The number of fused-ring (bicyclic) bond motifs is 1. The zero-order valence-corrected chi connectivity index (χ0v) is 24.1. The molecule has 5 rings (SSSR count). The molecule has 2 aromatic heterocycles. The lowest BCUT2D eigenvalue weighted by atomic mass is 9.95. The lowest BCUT2D eigenvalue weighted by molar-refractivity contribution is 0.0951. The number of aryl methyl sites for hydroxylation is 1. The van der Waals surface area contributed by atoms with Crippen molar-refractivity contribution >= 4 is 28.3 Å². The molecule has 0 aliphatic rings. The second-order valence-electron chi connectivity index (χ2n) is 9.98. The summed E-state index contributed by atoms with van der Waals surface area (Å²) in [5.74, 6) is -0.153. The molecular weight excluding hydrogens is 533 g/mol. The Bertz CT molecular complexity index is 1690. The molecule has 0 saturated heterocycles. The van der Waals surface area contributed by atoms with Gasteiger partial charge in [0, 0.05) is 66.4 Å². The zero-order chi connectivity index (χ0) is 29.6. The van der Waals surface area contributed by atoms with E-state index in [2.05, 4.69) is 34.1 Å². The summed E-state index contributed by atoms with van der Waals surface area (Å²) in [4.78, 5) is 32.5. The Hall–Kier alpha value is -4.79. The van der Waals surface area contributed by atoms with Gasteiger partial charge < -0.3 is 14.6 Å². The van der Waals surface area contributed by atoms with Gasteiger partial charge in [-0.25, -0.2) is 9.37 Å². The molecule has 0 atom stereocenters. The number of hydrogen-bond donors (Lipinski definition) is 1. The van der Waals surface area contributed by atoms with Crippen molar-refractivity contribution in [3.63, 3.8) is 0 Å². The van der Waals surface area contributed by atoms with E-state index in [4.69, 9.17) is 4.42 Å². The van der Waals surface area contributed by atoms with Gasteiger partial charge in [-0.15, -0.1) is 0 Å². The van der Waals surface area contributed by atoms with Gasteiger partial charge in [0.1, 0.15) is 29.8 Å². The SMILES string of the molecule is CCC(=O)c1c(-c2ccc(F)cc2)oc2cc(N(CC)CC)c(-c3cccc(C(=O)NCCCn4cncn4)c3)cc12. The molecule has 9 heteroatoms. The molecule has 8 nitrogen and oxygen atoms in total. The molecule has 0 radical (unpaired) electrons. The number of anilines is 1. The van der Waals surface area contributed by atoms with Crippen molar-refractivity contribution in [3.05, 3.63) is 90.3 Å². The Morgan fingerprint density at radius 3 is 2.48 bits per heavy atom. The van der Waals surface area contributed by atoms with E-state index in [9.17, 15) is 14.0 Å². The van der Waals surface area contributed by atoms with Gasteiger partial charge in [-0.05, 0) is 68.3 Å². The van der Waals surface area contributed by atoms with E-state index in [1.54, 1.807) is 29.2 Å². The average molecular weight is 568 g/mol. The van der Waals surface area contributed by atoms with Gasteiger partial charge in [0.2, 0.25) is 0 Å². The van der Waals surface area contributed by atoms with E-state index in [0.717, 1.165) is 36.3 Å². The number of furan rings is 1. The molecule has 0 fully saturated rings. The monoisotopic (exact) mass is 567 g/mol. The number of Topliss-reactive ketones (excluding diaryl/α,β-unsaturated/α-hetero) is 1. The first-order chi connectivity index (χ1) is 20.4. The third-order valence-corrected chi connectivity index (χ3v) is 7.37. The highest BCUT2D eigenvalue weighted by molar-refractivity contribution is 6.13. The molecule has 0 spiro atoms. The van der Waals surface area contributed by atoms with E-state index in [0.29, 0.717) is 52.9 Å². The summed E-state index contributed by atoms with van der Waals surface area (Å²) in [6.07, 6.45) is 4.16. The largest absolute Gasteiger partial charge is 0.455 e. The first-order valence-electron chi connectivity index (χ1n) is 14.3. The molecule has 2 heterocycles. The molecule has 0 bridgehead atoms. The van der Waals surface area contributed by atoms with Gasteiger partial charge in [-0.1, -0.05) is 19.1 Å². The van der Waals surface area contributed by atoms with Crippen LogP contribution in [0.15, 0.2) is 77.7 Å². The molecule has 42 heavy (non-hydrogen) atoms. The lowest BCUT2D eigenvalue weighted by Crippen LogP contribution is -2.25. The van der Waals surface area contributed by atoms with Crippen LogP contribution in [-0.2, 0) is 6.54 Å². The lowest BCUT2D eigenvalue weighted by Gasteiger charge is -2.24. The minimum absolute atomic E-state index is 0.0614. The van der Waals surface area contributed by atoms with Crippen LogP contribution in [0.4, 0.5) is 10.1 Å². The number of ketones is 1. The van der Waals surface area contributed by atoms with Crippen molar-refractivity contribution in [1.29, 1.82) is 0 Å². The van der Waals surface area contributed by atoms with Gasteiger partial charge in [0.05, 0.1) is 5.56 Å². The number of halogens is 1. The van der Waals surface area contributed by atoms with Gasteiger partial charge in [-0.2, -0.15) is 5.10 Å². The van der Waals surface area contributed by atoms with E-state index >= 15 is 0 Å². The van der Waals surface area contributed by atoms with Crippen LogP contribution in [0, 0.1) is 5.82 Å². The van der Waals surface area contributed by atoms with E-state index in [1.807, 2.05) is 37.3 Å². The molecule has 1 amide bonds. The quantitative estimate of drug-likeness (QED) is 0.132. The molecule has 0 unspecified atom stereocenters. The number of carbonyl (C=O) groups excluding carboxylic acids is 2. The summed E-state index contributed by atoms with van der Waals surface area (Å²) < 4.78 is 21.7. The molecule has 0 aliphatic carbocycles. The number of nitrogens with one attached hydrogen (secondary N) is 1. The van der Waals surface area contributed by atoms with Crippen LogP contribution < -0.4 is 10.2 Å². The highest BCUT2D eigenvalue weighted by Gasteiger charge is 2.24. The summed E-state index contributed by atoms with van der Waals surface area (Å²) in [5.41, 5.74) is 4.93. The summed E-state index contributed by atoms with van der Waals surface area (Å²) in [6, 6.07) is 17.4. The van der Waals surface area contributed by atoms with Crippen LogP contribution in [0.2, 0.25) is 0 Å². The Morgan fingerprint density at radius 2 is 1.79 bits per heavy atom. The van der Waals surface area contributed by atoms with E-state index < -0.39 is 0 Å². The maximum atomic E-state index is 13.7. The van der Waals surface area contributed by atoms with Crippen LogP contribution in [0.1, 0.15) is 54.3 Å². The number of nitrogens with zero attached hydrogens (tertiary/aromatic N) is 4. The molecule has 5 aromatic rings. The number of carbonyl (C=O) groups is 2. The van der Waals surface area contributed by atoms with Gasteiger partial charge in [0.25, 0.3) is 5.91 Å². The maximum absolute atomic E-state index is 13.7. The normalized spacial score (nSPS) is 11.1. The summed E-state index contributed by atoms with van der Waals surface area (Å²) in [6.45, 7) is 8.66. The van der Waals surface area contributed by atoms with E-state index in [-0.39, 0.29) is 17.5 Å². The van der Waals surface area contributed by atoms with Gasteiger partial charge >= 0.3 is 0 Å². The third kappa shape index (κ3) is 5.95. The first-order valence-corrected chi connectivity index (χ1v) is 14.3. The Morgan fingerprint density at radius 1 is 1.00 bits per heavy atom. The summed E-state index contributed by atoms with van der Waals surface area (Å²) in [5, 5.41) is 7.76. The van der Waals surface area contributed by atoms with Crippen LogP contribution in [0.25, 0.3) is 33.4 Å². The second-order valence-corrected chi connectivity index (χ2v) is 9.98. The van der Waals surface area contributed by atoms with Crippen molar-refractivity contribution in [1.82, 2.24) is 20.1 Å². The van der Waals surface area contributed by atoms with Crippen molar-refractivity contribution in [2.75, 3.05) is 24.5 Å².